The maximum Gasteiger partial charge on any atom is 0.243 e. The highest BCUT2D eigenvalue weighted by molar-refractivity contribution is 7.92. The summed E-state index contributed by atoms with van der Waals surface area (Å²) in [6, 6.07) is 11.9. The van der Waals surface area contributed by atoms with E-state index < -0.39 is 21.6 Å². The molecule has 2 rings (SSSR count). The van der Waals surface area contributed by atoms with Crippen molar-refractivity contribution >= 4 is 39.1 Å². The van der Waals surface area contributed by atoms with E-state index in [0.717, 1.165) is 17.4 Å². The third-order valence-electron chi connectivity index (χ3n) is 5.93. The molecule has 210 valence electrons. The quantitative estimate of drug-likeness (QED) is 0.394. The zero-order chi connectivity index (χ0) is 28.7. The van der Waals surface area contributed by atoms with E-state index in [2.05, 4.69) is 5.32 Å². The Morgan fingerprint density at radius 3 is 2.24 bits per heavy atom. The number of amides is 2. The molecule has 2 amide bonds. The average molecular weight is 566 g/mol. The standard InChI is InChI=1S/C28H40ClN3O5S/c1-8-24(27(34)30-28(3,4)5)31(19-21-13-11-20(2)12-14-21)26(33)10-9-17-32(38(7,35)36)22-15-16-25(37-6)23(29)18-22/h11-16,18,24H,8-10,17,19H2,1-7H3,(H,30,34)/t24-/m0/s1. The summed E-state index contributed by atoms with van der Waals surface area (Å²) in [6.07, 6.45) is 1.89. The number of anilines is 1. The van der Waals surface area contributed by atoms with Gasteiger partial charge in [0.1, 0.15) is 11.8 Å². The SMILES string of the molecule is CC[C@@H](C(=O)NC(C)(C)C)N(Cc1ccc(C)cc1)C(=O)CCCN(c1ccc(OC)c(Cl)c1)S(C)(=O)=O. The van der Waals surface area contributed by atoms with Crippen molar-refractivity contribution in [2.75, 3.05) is 24.2 Å². The zero-order valence-electron chi connectivity index (χ0n) is 23.4. The first-order chi connectivity index (χ1) is 17.7. The van der Waals surface area contributed by atoms with Gasteiger partial charge in [-0.1, -0.05) is 48.4 Å². The van der Waals surface area contributed by atoms with Gasteiger partial charge < -0.3 is 15.0 Å². The molecular weight excluding hydrogens is 526 g/mol. The second-order valence-electron chi connectivity index (χ2n) is 10.4. The number of benzene rings is 2. The monoisotopic (exact) mass is 565 g/mol. The molecular formula is C28H40ClN3O5S. The van der Waals surface area contributed by atoms with Crippen LogP contribution < -0.4 is 14.4 Å². The Morgan fingerprint density at radius 1 is 1.11 bits per heavy atom. The molecule has 0 aliphatic carbocycles. The number of ether oxygens (including phenoxy) is 1. The molecule has 2 aromatic rings. The summed E-state index contributed by atoms with van der Waals surface area (Å²) in [7, 11) is -2.15. The van der Waals surface area contributed by atoms with Crippen LogP contribution in [0.25, 0.3) is 0 Å². The summed E-state index contributed by atoms with van der Waals surface area (Å²) in [4.78, 5) is 28.3. The van der Waals surface area contributed by atoms with Gasteiger partial charge in [0.05, 0.1) is 24.1 Å². The van der Waals surface area contributed by atoms with E-state index >= 15 is 0 Å². The number of rotatable bonds is 12. The average Bonchev–Trinajstić information content (AvgIpc) is 2.80. The molecule has 0 radical (unpaired) electrons. The normalized spacial score (nSPS) is 12.5. The lowest BCUT2D eigenvalue weighted by atomic mass is 10.0. The van der Waals surface area contributed by atoms with E-state index in [-0.39, 0.29) is 42.8 Å². The molecule has 38 heavy (non-hydrogen) atoms. The van der Waals surface area contributed by atoms with Crippen molar-refractivity contribution in [3.05, 3.63) is 58.6 Å². The smallest absolute Gasteiger partial charge is 0.243 e. The lowest BCUT2D eigenvalue weighted by Gasteiger charge is -2.33. The van der Waals surface area contributed by atoms with Crippen LogP contribution in [0.5, 0.6) is 5.75 Å². The second kappa shape index (κ2) is 13.3. The molecule has 0 aliphatic rings. The fourth-order valence-corrected chi connectivity index (χ4v) is 5.29. The van der Waals surface area contributed by atoms with Gasteiger partial charge in [-0.3, -0.25) is 13.9 Å². The number of aryl methyl sites for hydroxylation is 1. The minimum Gasteiger partial charge on any atom is -0.495 e. The van der Waals surface area contributed by atoms with E-state index in [1.807, 2.05) is 58.9 Å². The maximum absolute atomic E-state index is 13.5. The minimum absolute atomic E-state index is 0.0705. The van der Waals surface area contributed by atoms with Gasteiger partial charge in [-0.05, 0) is 64.3 Å². The molecule has 1 atom stereocenters. The largest absolute Gasteiger partial charge is 0.495 e. The zero-order valence-corrected chi connectivity index (χ0v) is 24.9. The summed E-state index contributed by atoms with van der Waals surface area (Å²) in [6.45, 7) is 9.91. The number of halogens is 1. The highest BCUT2D eigenvalue weighted by Crippen LogP contribution is 2.30. The Kier molecular flexibility index (Phi) is 11.0. The third kappa shape index (κ3) is 9.20. The van der Waals surface area contributed by atoms with Gasteiger partial charge in [0.2, 0.25) is 21.8 Å². The highest BCUT2D eigenvalue weighted by Gasteiger charge is 2.30. The maximum atomic E-state index is 13.5. The van der Waals surface area contributed by atoms with Crippen LogP contribution in [0, 0.1) is 6.92 Å². The van der Waals surface area contributed by atoms with Gasteiger partial charge in [0.25, 0.3) is 0 Å². The lowest BCUT2D eigenvalue weighted by Crippen LogP contribution is -2.53. The molecule has 0 unspecified atom stereocenters. The molecule has 2 aromatic carbocycles. The summed E-state index contributed by atoms with van der Waals surface area (Å²) in [5.41, 5.74) is 1.96. The summed E-state index contributed by atoms with van der Waals surface area (Å²) in [5.74, 6) is -0.00117. The van der Waals surface area contributed by atoms with E-state index in [9.17, 15) is 18.0 Å². The number of sulfonamides is 1. The van der Waals surface area contributed by atoms with E-state index in [4.69, 9.17) is 16.3 Å². The second-order valence-corrected chi connectivity index (χ2v) is 12.7. The van der Waals surface area contributed by atoms with Crippen molar-refractivity contribution in [3.63, 3.8) is 0 Å². The Bertz CT molecular complexity index is 1210. The van der Waals surface area contributed by atoms with Gasteiger partial charge >= 0.3 is 0 Å². The van der Waals surface area contributed by atoms with Gasteiger partial charge in [0.15, 0.2) is 0 Å². The Hall–Kier alpha value is -2.78. The van der Waals surface area contributed by atoms with E-state index in [1.165, 1.54) is 17.5 Å². The van der Waals surface area contributed by atoms with Crippen LogP contribution >= 0.6 is 11.6 Å². The molecule has 0 spiro atoms. The van der Waals surface area contributed by atoms with Crippen LogP contribution in [0.1, 0.15) is 58.1 Å². The molecule has 1 N–H and O–H groups in total. The van der Waals surface area contributed by atoms with Crippen LogP contribution in [0.3, 0.4) is 0 Å². The summed E-state index contributed by atoms with van der Waals surface area (Å²) in [5, 5.41) is 3.27. The molecule has 0 aliphatic heterocycles. The number of hydrogen-bond donors (Lipinski definition) is 1. The molecule has 0 saturated heterocycles. The molecule has 10 heteroatoms. The van der Waals surface area contributed by atoms with Crippen LogP contribution in [0.15, 0.2) is 42.5 Å². The number of carbonyl (C=O) groups excluding carboxylic acids is 2. The molecule has 8 nitrogen and oxygen atoms in total. The van der Waals surface area contributed by atoms with Gasteiger partial charge in [-0.15, -0.1) is 0 Å². The van der Waals surface area contributed by atoms with Crippen molar-refractivity contribution < 1.29 is 22.7 Å². The molecule has 0 bridgehead atoms. The fraction of sp³-hybridized carbons (Fsp3) is 0.500. The van der Waals surface area contributed by atoms with Crippen LogP contribution in [-0.4, -0.2) is 56.6 Å². The van der Waals surface area contributed by atoms with Crippen molar-refractivity contribution in [1.29, 1.82) is 0 Å². The van der Waals surface area contributed by atoms with Crippen molar-refractivity contribution in [3.8, 4) is 5.75 Å². The fourth-order valence-electron chi connectivity index (χ4n) is 4.08. The van der Waals surface area contributed by atoms with Crippen LogP contribution in [0.4, 0.5) is 5.69 Å². The van der Waals surface area contributed by atoms with Gasteiger partial charge in [0, 0.05) is 25.0 Å². The predicted octanol–water partition coefficient (Wildman–Crippen LogP) is 4.93. The number of nitrogens with one attached hydrogen (secondary N) is 1. The lowest BCUT2D eigenvalue weighted by molar-refractivity contribution is -0.142. The Labute approximate surface area is 232 Å². The van der Waals surface area contributed by atoms with Crippen molar-refractivity contribution in [2.45, 2.75) is 72.0 Å². The van der Waals surface area contributed by atoms with E-state index in [1.54, 1.807) is 17.0 Å². The highest BCUT2D eigenvalue weighted by atomic mass is 35.5. The summed E-state index contributed by atoms with van der Waals surface area (Å²) >= 11 is 6.22. The molecule has 0 aromatic heterocycles. The van der Waals surface area contributed by atoms with Crippen molar-refractivity contribution in [2.24, 2.45) is 0 Å². The molecule has 0 saturated carbocycles. The number of nitrogens with zero attached hydrogens (tertiary/aromatic N) is 2. The number of carbonyl (C=O) groups is 2. The third-order valence-corrected chi connectivity index (χ3v) is 7.42. The van der Waals surface area contributed by atoms with Crippen LogP contribution in [-0.2, 0) is 26.2 Å². The number of hydrogen-bond acceptors (Lipinski definition) is 5. The molecule has 0 heterocycles. The topological polar surface area (TPSA) is 96.0 Å². The van der Waals surface area contributed by atoms with E-state index in [0.29, 0.717) is 17.9 Å². The first-order valence-corrected chi connectivity index (χ1v) is 14.9. The molecule has 0 fully saturated rings. The van der Waals surface area contributed by atoms with Crippen LogP contribution in [0.2, 0.25) is 5.02 Å². The Morgan fingerprint density at radius 2 is 1.74 bits per heavy atom. The van der Waals surface area contributed by atoms with Crippen molar-refractivity contribution in [1.82, 2.24) is 10.2 Å². The first kappa shape index (κ1) is 31.4. The predicted molar refractivity (Wildman–Crippen MR) is 153 cm³/mol. The summed E-state index contributed by atoms with van der Waals surface area (Å²) < 4.78 is 31.5. The van der Waals surface area contributed by atoms with Gasteiger partial charge in [-0.25, -0.2) is 8.42 Å². The minimum atomic E-state index is -3.64. The number of methoxy groups -OCH3 is 1. The first-order valence-electron chi connectivity index (χ1n) is 12.6. The van der Waals surface area contributed by atoms with Gasteiger partial charge in [-0.2, -0.15) is 0 Å². The Balaban J connectivity index is 2.25.